The van der Waals surface area contributed by atoms with Gasteiger partial charge >= 0.3 is 5.97 Å². The standard InChI is InChI=1S/C8H11NO3S/c1-3-4-9(5-8(11)12)7(10)6-13-2/h1H,4-6H2,2H3,(H,11,12). The average molecular weight is 201 g/mol. The summed E-state index contributed by atoms with van der Waals surface area (Å²) in [7, 11) is 0. The number of rotatable bonds is 5. The van der Waals surface area contributed by atoms with Crippen LogP contribution in [0, 0.1) is 12.3 Å². The van der Waals surface area contributed by atoms with E-state index in [2.05, 4.69) is 5.92 Å². The van der Waals surface area contributed by atoms with Gasteiger partial charge in [-0.2, -0.15) is 11.8 Å². The topological polar surface area (TPSA) is 57.6 Å². The Balaban J connectivity index is 4.16. The number of terminal acetylenes is 1. The molecule has 0 atom stereocenters. The first-order valence-corrected chi connectivity index (χ1v) is 4.93. The van der Waals surface area contributed by atoms with E-state index < -0.39 is 5.97 Å². The molecule has 0 aromatic rings. The van der Waals surface area contributed by atoms with Gasteiger partial charge in [0.15, 0.2) is 0 Å². The van der Waals surface area contributed by atoms with Crippen LogP contribution in [0.3, 0.4) is 0 Å². The lowest BCUT2D eigenvalue weighted by atomic mass is 10.4. The van der Waals surface area contributed by atoms with Crippen LogP contribution in [0.5, 0.6) is 0 Å². The number of hydrogen-bond acceptors (Lipinski definition) is 3. The Morgan fingerprint density at radius 2 is 2.23 bits per heavy atom. The second-order valence-corrected chi connectivity index (χ2v) is 3.15. The zero-order valence-corrected chi connectivity index (χ0v) is 8.13. The van der Waals surface area contributed by atoms with Crippen LogP contribution in [0.4, 0.5) is 0 Å². The molecule has 0 saturated heterocycles. The van der Waals surface area contributed by atoms with Gasteiger partial charge in [-0.05, 0) is 6.26 Å². The lowest BCUT2D eigenvalue weighted by molar-refractivity contribution is -0.143. The quantitative estimate of drug-likeness (QED) is 0.631. The maximum atomic E-state index is 11.2. The number of aliphatic carboxylic acids is 1. The highest BCUT2D eigenvalue weighted by molar-refractivity contribution is 7.99. The Morgan fingerprint density at radius 3 is 2.62 bits per heavy atom. The summed E-state index contributed by atoms with van der Waals surface area (Å²) in [5.74, 6) is 1.21. The number of carboxylic acid groups (broad SMARTS) is 1. The van der Waals surface area contributed by atoms with Crippen LogP contribution in [-0.2, 0) is 9.59 Å². The van der Waals surface area contributed by atoms with Crippen molar-refractivity contribution in [1.29, 1.82) is 0 Å². The fourth-order valence-electron chi connectivity index (χ4n) is 0.720. The van der Waals surface area contributed by atoms with Crippen molar-refractivity contribution in [3.05, 3.63) is 0 Å². The van der Waals surface area contributed by atoms with E-state index in [1.807, 2.05) is 0 Å². The molecule has 0 rings (SSSR count). The van der Waals surface area contributed by atoms with Crippen LogP contribution in [0.15, 0.2) is 0 Å². The van der Waals surface area contributed by atoms with E-state index in [0.29, 0.717) is 0 Å². The average Bonchev–Trinajstić information content (AvgIpc) is 2.03. The zero-order valence-electron chi connectivity index (χ0n) is 7.32. The second-order valence-electron chi connectivity index (χ2n) is 2.28. The molecule has 1 amide bonds. The summed E-state index contributed by atoms with van der Waals surface area (Å²) in [6, 6.07) is 0. The Labute approximate surface area is 81.3 Å². The molecule has 0 fully saturated rings. The molecule has 0 heterocycles. The molecular weight excluding hydrogens is 190 g/mol. The van der Waals surface area contributed by atoms with Gasteiger partial charge in [-0.25, -0.2) is 0 Å². The third-order valence-corrected chi connectivity index (χ3v) is 1.76. The van der Waals surface area contributed by atoms with Crippen molar-refractivity contribution in [2.45, 2.75) is 0 Å². The minimum Gasteiger partial charge on any atom is -0.480 e. The predicted octanol–water partition coefficient (Wildman–Crippen LogP) is -0.104. The minimum absolute atomic E-state index is 0.0473. The fraction of sp³-hybridized carbons (Fsp3) is 0.500. The number of hydrogen-bond donors (Lipinski definition) is 1. The smallest absolute Gasteiger partial charge is 0.323 e. The first-order chi connectivity index (χ1) is 6.11. The first kappa shape index (κ1) is 11.8. The minimum atomic E-state index is -1.05. The van der Waals surface area contributed by atoms with Gasteiger partial charge in [0.1, 0.15) is 6.54 Å². The highest BCUT2D eigenvalue weighted by Gasteiger charge is 2.14. The molecular formula is C8H11NO3S. The van der Waals surface area contributed by atoms with Crippen molar-refractivity contribution in [3.63, 3.8) is 0 Å². The largest absolute Gasteiger partial charge is 0.480 e. The van der Waals surface area contributed by atoms with Crippen LogP contribution in [-0.4, -0.2) is 47.0 Å². The molecule has 5 heteroatoms. The van der Waals surface area contributed by atoms with Crippen molar-refractivity contribution in [2.75, 3.05) is 25.1 Å². The van der Waals surface area contributed by atoms with E-state index in [1.165, 1.54) is 11.8 Å². The Bertz CT molecular complexity index is 234. The van der Waals surface area contributed by atoms with Crippen LogP contribution >= 0.6 is 11.8 Å². The predicted molar refractivity (Wildman–Crippen MR) is 51.4 cm³/mol. The zero-order chi connectivity index (χ0) is 10.3. The maximum absolute atomic E-state index is 11.2. The number of nitrogens with zero attached hydrogens (tertiary/aromatic N) is 1. The van der Waals surface area contributed by atoms with Gasteiger partial charge in [0.05, 0.1) is 12.3 Å². The van der Waals surface area contributed by atoms with Crippen molar-refractivity contribution in [3.8, 4) is 12.3 Å². The van der Waals surface area contributed by atoms with Crippen LogP contribution in [0.1, 0.15) is 0 Å². The number of carboxylic acids is 1. The van der Waals surface area contributed by atoms with Crippen LogP contribution in [0.2, 0.25) is 0 Å². The summed E-state index contributed by atoms with van der Waals surface area (Å²) in [4.78, 5) is 22.7. The molecule has 72 valence electrons. The number of carbonyl (C=O) groups is 2. The van der Waals surface area contributed by atoms with E-state index in [-0.39, 0.29) is 24.7 Å². The molecule has 0 aliphatic heterocycles. The van der Waals surface area contributed by atoms with Crippen molar-refractivity contribution in [1.82, 2.24) is 4.90 Å². The molecule has 0 aromatic carbocycles. The third kappa shape index (κ3) is 5.15. The summed E-state index contributed by atoms with van der Waals surface area (Å²) in [5, 5.41) is 8.46. The Kier molecular flexibility index (Phi) is 5.81. The molecule has 0 aliphatic carbocycles. The molecule has 0 aliphatic rings. The van der Waals surface area contributed by atoms with Gasteiger partial charge in [0.2, 0.25) is 5.91 Å². The van der Waals surface area contributed by atoms with Gasteiger partial charge in [0, 0.05) is 0 Å². The molecule has 0 aromatic heterocycles. The summed E-state index contributed by atoms with van der Waals surface area (Å²) >= 11 is 1.34. The SMILES string of the molecule is C#CCN(CC(=O)O)C(=O)CSC. The van der Waals surface area contributed by atoms with E-state index in [1.54, 1.807) is 6.26 Å². The Hall–Kier alpha value is -1.15. The number of thioether (sulfide) groups is 1. The molecule has 0 radical (unpaired) electrons. The van der Waals surface area contributed by atoms with Gasteiger partial charge in [0.25, 0.3) is 0 Å². The highest BCUT2D eigenvalue weighted by Crippen LogP contribution is 1.97. The lowest BCUT2D eigenvalue weighted by Crippen LogP contribution is -2.37. The summed E-state index contributed by atoms with van der Waals surface area (Å²) < 4.78 is 0. The van der Waals surface area contributed by atoms with Crippen molar-refractivity contribution in [2.24, 2.45) is 0 Å². The molecule has 0 bridgehead atoms. The molecule has 0 saturated carbocycles. The molecule has 1 N–H and O–H groups in total. The van der Waals surface area contributed by atoms with Crippen LogP contribution < -0.4 is 0 Å². The summed E-state index contributed by atoms with van der Waals surface area (Å²) in [6.07, 6.45) is 6.77. The first-order valence-electron chi connectivity index (χ1n) is 3.53. The van der Waals surface area contributed by atoms with E-state index in [0.717, 1.165) is 4.90 Å². The molecule has 13 heavy (non-hydrogen) atoms. The second kappa shape index (κ2) is 6.38. The molecule has 4 nitrogen and oxygen atoms in total. The van der Waals surface area contributed by atoms with E-state index >= 15 is 0 Å². The monoisotopic (exact) mass is 201 g/mol. The molecule has 0 unspecified atom stereocenters. The van der Waals surface area contributed by atoms with Crippen molar-refractivity contribution >= 4 is 23.6 Å². The Morgan fingerprint density at radius 1 is 1.62 bits per heavy atom. The fourth-order valence-corrected chi connectivity index (χ4v) is 1.15. The number of carbonyl (C=O) groups excluding carboxylic acids is 1. The normalized spacial score (nSPS) is 8.92. The van der Waals surface area contributed by atoms with Crippen LogP contribution in [0.25, 0.3) is 0 Å². The maximum Gasteiger partial charge on any atom is 0.323 e. The van der Waals surface area contributed by atoms with Gasteiger partial charge < -0.3 is 10.0 Å². The highest BCUT2D eigenvalue weighted by atomic mass is 32.2. The van der Waals surface area contributed by atoms with E-state index in [4.69, 9.17) is 11.5 Å². The number of amides is 1. The lowest BCUT2D eigenvalue weighted by Gasteiger charge is -2.16. The van der Waals surface area contributed by atoms with Crippen molar-refractivity contribution < 1.29 is 14.7 Å². The van der Waals surface area contributed by atoms with E-state index in [9.17, 15) is 9.59 Å². The van der Waals surface area contributed by atoms with Gasteiger partial charge in [-0.1, -0.05) is 5.92 Å². The van der Waals surface area contributed by atoms with Gasteiger partial charge in [-0.3, -0.25) is 9.59 Å². The van der Waals surface area contributed by atoms with Gasteiger partial charge in [-0.15, -0.1) is 6.42 Å². The molecule has 0 spiro atoms. The third-order valence-electron chi connectivity index (χ3n) is 1.23. The summed E-state index contributed by atoms with van der Waals surface area (Å²) in [6.45, 7) is -0.282. The summed E-state index contributed by atoms with van der Waals surface area (Å²) in [5.41, 5.74) is 0.